The molecule has 0 bridgehead atoms. The molecule has 4 fully saturated rings. The highest BCUT2D eigenvalue weighted by molar-refractivity contribution is 5.33. The molecule has 4 aliphatic rings. The summed E-state index contributed by atoms with van der Waals surface area (Å²) in [7, 11) is 0. The van der Waals surface area contributed by atoms with Crippen molar-refractivity contribution in [1.82, 2.24) is 0 Å². The van der Waals surface area contributed by atoms with Crippen molar-refractivity contribution < 1.29 is 18.3 Å². The van der Waals surface area contributed by atoms with Crippen molar-refractivity contribution in [3.63, 3.8) is 0 Å². The molecule has 0 spiro atoms. The number of halogens is 2. The summed E-state index contributed by atoms with van der Waals surface area (Å²) in [6, 6.07) is 3.29. The van der Waals surface area contributed by atoms with E-state index < -0.39 is 11.6 Å². The lowest BCUT2D eigenvalue weighted by Crippen LogP contribution is -2.35. The van der Waals surface area contributed by atoms with Crippen LogP contribution in [0.2, 0.25) is 0 Å². The van der Waals surface area contributed by atoms with Gasteiger partial charge in [-0.2, -0.15) is 4.39 Å². The number of hydrogen-bond donors (Lipinski definition) is 0. The first-order valence-electron chi connectivity index (χ1n) is 16.9. The lowest BCUT2D eigenvalue weighted by atomic mass is 9.64. The van der Waals surface area contributed by atoms with Crippen LogP contribution in [-0.4, -0.2) is 19.3 Å². The molecule has 4 heteroatoms. The summed E-state index contributed by atoms with van der Waals surface area (Å²) in [5, 5.41) is 0. The molecule has 0 radical (unpaired) electrons. The SMILES string of the molecule is C=CCCC1CCC(C2CCC(C3CCC(C4CCC(c5ccc(OCCC)c(F)c5F)CO4)CC3)CC2)CC1. The average Bonchev–Trinajstić information content (AvgIpc) is 3.01. The van der Waals surface area contributed by atoms with Gasteiger partial charge in [-0.1, -0.05) is 31.9 Å². The zero-order valence-corrected chi connectivity index (χ0v) is 25.1. The second kappa shape index (κ2) is 14.7. The van der Waals surface area contributed by atoms with Crippen LogP contribution in [0.4, 0.5) is 8.78 Å². The van der Waals surface area contributed by atoms with Crippen molar-refractivity contribution in [2.45, 2.75) is 128 Å². The molecule has 0 N–H and O–H groups in total. The molecule has 5 rings (SSSR count). The molecule has 1 heterocycles. The molecule has 224 valence electrons. The number of allylic oxidation sites excluding steroid dienone is 1. The van der Waals surface area contributed by atoms with Crippen molar-refractivity contribution in [2.24, 2.45) is 35.5 Å². The van der Waals surface area contributed by atoms with Crippen molar-refractivity contribution >= 4 is 0 Å². The summed E-state index contributed by atoms with van der Waals surface area (Å²) in [5.41, 5.74) is 0.444. The Morgan fingerprint density at radius 2 is 1.35 bits per heavy atom. The van der Waals surface area contributed by atoms with Gasteiger partial charge in [-0.25, -0.2) is 4.39 Å². The van der Waals surface area contributed by atoms with Crippen LogP contribution >= 0.6 is 0 Å². The Kier molecular flexibility index (Phi) is 11.0. The van der Waals surface area contributed by atoms with Crippen LogP contribution in [0, 0.1) is 47.1 Å². The first-order chi connectivity index (χ1) is 19.6. The normalized spacial score (nSPS) is 35.3. The Hall–Kier alpha value is -1.42. The summed E-state index contributed by atoms with van der Waals surface area (Å²) >= 11 is 0. The van der Waals surface area contributed by atoms with Crippen LogP contribution in [0.5, 0.6) is 5.75 Å². The lowest BCUT2D eigenvalue weighted by Gasteiger charge is -2.43. The molecule has 1 saturated heterocycles. The Balaban J connectivity index is 1.01. The number of ether oxygens (including phenoxy) is 2. The zero-order valence-electron chi connectivity index (χ0n) is 25.1. The largest absolute Gasteiger partial charge is 0.490 e. The Labute approximate surface area is 242 Å². The fourth-order valence-corrected chi connectivity index (χ4v) is 8.95. The van der Waals surface area contributed by atoms with Crippen LogP contribution in [-0.2, 0) is 4.74 Å². The van der Waals surface area contributed by atoms with E-state index in [2.05, 4.69) is 12.7 Å². The number of rotatable bonds is 10. The van der Waals surface area contributed by atoms with Gasteiger partial charge in [-0.3, -0.25) is 0 Å². The molecule has 1 aromatic rings. The first-order valence-corrected chi connectivity index (χ1v) is 16.9. The van der Waals surface area contributed by atoms with Crippen molar-refractivity contribution in [3.8, 4) is 5.75 Å². The molecule has 1 aliphatic heterocycles. The highest BCUT2D eigenvalue weighted by Gasteiger charge is 2.37. The highest BCUT2D eigenvalue weighted by atomic mass is 19.2. The first kappa shape index (κ1) is 30.1. The minimum Gasteiger partial charge on any atom is -0.490 e. The van der Waals surface area contributed by atoms with Crippen LogP contribution in [0.15, 0.2) is 24.8 Å². The van der Waals surface area contributed by atoms with Gasteiger partial charge < -0.3 is 9.47 Å². The maximum absolute atomic E-state index is 14.8. The molecule has 2 nitrogen and oxygen atoms in total. The van der Waals surface area contributed by atoms with E-state index in [9.17, 15) is 8.78 Å². The minimum absolute atomic E-state index is 0.0185. The zero-order chi connectivity index (χ0) is 27.9. The summed E-state index contributed by atoms with van der Waals surface area (Å²) in [4.78, 5) is 0. The van der Waals surface area contributed by atoms with E-state index >= 15 is 0 Å². The Morgan fingerprint density at radius 1 is 0.775 bits per heavy atom. The standard InChI is InChI=1S/C36H54F2O2/c1-3-5-6-25-7-9-26(10-8-25)27-11-13-28(14-12-27)29-15-17-30(18-16-29)33-21-19-31(24-40-33)32-20-22-34(39-23-4-2)36(38)35(32)37/h3,20,22,25-31,33H,1,4-19,21,23-24H2,2H3. The molecule has 0 amide bonds. The molecule has 3 aliphatic carbocycles. The summed E-state index contributed by atoms with van der Waals surface area (Å²) < 4.78 is 41.0. The van der Waals surface area contributed by atoms with E-state index in [1.165, 1.54) is 89.9 Å². The van der Waals surface area contributed by atoms with E-state index in [4.69, 9.17) is 9.47 Å². The van der Waals surface area contributed by atoms with Gasteiger partial charge in [0.2, 0.25) is 5.82 Å². The van der Waals surface area contributed by atoms with Gasteiger partial charge in [-0.15, -0.1) is 6.58 Å². The second-order valence-electron chi connectivity index (χ2n) is 13.8. The highest BCUT2D eigenvalue weighted by Crippen LogP contribution is 2.47. The Morgan fingerprint density at radius 3 is 1.88 bits per heavy atom. The third-order valence-corrected chi connectivity index (χ3v) is 11.5. The third-order valence-electron chi connectivity index (χ3n) is 11.5. The summed E-state index contributed by atoms with van der Waals surface area (Å²) in [6.07, 6.45) is 24.5. The quantitative estimate of drug-likeness (QED) is 0.267. The summed E-state index contributed by atoms with van der Waals surface area (Å²) in [6.45, 7) is 6.75. The number of hydrogen-bond acceptors (Lipinski definition) is 2. The summed E-state index contributed by atoms with van der Waals surface area (Å²) in [5.74, 6) is 3.78. The van der Waals surface area contributed by atoms with Crippen molar-refractivity contribution in [2.75, 3.05) is 13.2 Å². The topological polar surface area (TPSA) is 18.5 Å². The molecule has 3 saturated carbocycles. The van der Waals surface area contributed by atoms with E-state index in [0.717, 1.165) is 48.9 Å². The van der Waals surface area contributed by atoms with Crippen LogP contribution in [0.3, 0.4) is 0 Å². The van der Waals surface area contributed by atoms with Gasteiger partial charge in [-0.05, 0) is 143 Å². The second-order valence-corrected chi connectivity index (χ2v) is 13.8. The molecular weight excluding hydrogens is 502 g/mol. The van der Waals surface area contributed by atoms with Crippen LogP contribution in [0.1, 0.15) is 128 Å². The molecule has 0 aromatic heterocycles. The molecule has 40 heavy (non-hydrogen) atoms. The van der Waals surface area contributed by atoms with Gasteiger partial charge in [0.1, 0.15) is 0 Å². The van der Waals surface area contributed by atoms with Crippen LogP contribution < -0.4 is 4.74 Å². The number of benzene rings is 1. The van der Waals surface area contributed by atoms with Gasteiger partial charge in [0.15, 0.2) is 11.6 Å². The predicted octanol–water partition coefficient (Wildman–Crippen LogP) is 10.4. The third kappa shape index (κ3) is 7.31. The van der Waals surface area contributed by atoms with Crippen molar-refractivity contribution in [1.29, 1.82) is 0 Å². The smallest absolute Gasteiger partial charge is 0.200 e. The molecule has 1 aromatic carbocycles. The predicted molar refractivity (Wildman–Crippen MR) is 160 cm³/mol. The lowest BCUT2D eigenvalue weighted by molar-refractivity contribution is -0.0471. The average molecular weight is 557 g/mol. The van der Waals surface area contributed by atoms with E-state index in [-0.39, 0.29) is 17.8 Å². The van der Waals surface area contributed by atoms with E-state index in [0.29, 0.717) is 24.7 Å². The molecule has 2 unspecified atom stereocenters. The van der Waals surface area contributed by atoms with Crippen molar-refractivity contribution in [3.05, 3.63) is 42.0 Å². The monoisotopic (exact) mass is 556 g/mol. The van der Waals surface area contributed by atoms with Gasteiger partial charge in [0, 0.05) is 5.92 Å². The van der Waals surface area contributed by atoms with Crippen LogP contribution in [0.25, 0.3) is 0 Å². The van der Waals surface area contributed by atoms with Gasteiger partial charge in [0.25, 0.3) is 0 Å². The van der Waals surface area contributed by atoms with E-state index in [1.54, 1.807) is 12.1 Å². The fourth-order valence-electron chi connectivity index (χ4n) is 8.95. The maximum atomic E-state index is 14.8. The van der Waals surface area contributed by atoms with E-state index in [1.807, 2.05) is 6.92 Å². The minimum atomic E-state index is -0.855. The fraction of sp³-hybridized carbons (Fsp3) is 0.778. The molecular formula is C36H54F2O2. The van der Waals surface area contributed by atoms with Gasteiger partial charge >= 0.3 is 0 Å². The Bertz CT molecular complexity index is 915. The van der Waals surface area contributed by atoms with Gasteiger partial charge in [0.05, 0.1) is 19.3 Å². The maximum Gasteiger partial charge on any atom is 0.200 e. The molecule has 2 atom stereocenters.